The van der Waals surface area contributed by atoms with E-state index in [9.17, 15) is 9.46 Å². The third-order valence-electron chi connectivity index (χ3n) is 2.54. The maximum absolute atomic E-state index is 12.1. The van der Waals surface area contributed by atoms with Gasteiger partial charge < -0.3 is 4.89 Å². The molecule has 1 aromatic heterocycles. The first-order chi connectivity index (χ1) is 8.57. The van der Waals surface area contributed by atoms with Crippen molar-refractivity contribution in [1.29, 1.82) is 0 Å². The summed E-state index contributed by atoms with van der Waals surface area (Å²) in [5.74, 6) is 0. The van der Waals surface area contributed by atoms with Crippen LogP contribution in [0.4, 0.5) is 0 Å². The molecule has 2 atom stereocenters. The highest BCUT2D eigenvalue weighted by Gasteiger charge is 2.22. The summed E-state index contributed by atoms with van der Waals surface area (Å²) in [4.78, 5) is 9.94. The van der Waals surface area contributed by atoms with Crippen LogP contribution >= 0.6 is 18.9 Å². The molecule has 95 valence electrons. The van der Waals surface area contributed by atoms with Crippen molar-refractivity contribution in [3.8, 4) is 0 Å². The maximum atomic E-state index is 12.1. The van der Waals surface area contributed by atoms with Gasteiger partial charge in [-0.2, -0.15) is 11.3 Å². The SMILES string of the molecule is [CH2]C(NP(=O)(O)Cc1ccccc1)c1ccsc1. The van der Waals surface area contributed by atoms with Gasteiger partial charge >= 0.3 is 0 Å². The number of thiophene rings is 1. The largest absolute Gasteiger partial charge is 0.333 e. The normalized spacial score (nSPS) is 16.1. The summed E-state index contributed by atoms with van der Waals surface area (Å²) in [6, 6.07) is 10.8. The summed E-state index contributed by atoms with van der Waals surface area (Å²) < 4.78 is 12.1. The lowest BCUT2D eigenvalue weighted by Gasteiger charge is -2.18. The standard InChI is InChI=1S/C13H15NO2PS/c1-11(13-7-8-18-10-13)14-17(15,16)9-12-5-3-2-4-6-12/h2-8,10-11H,1,9H2,(H2,14,15,16). The number of benzene rings is 1. The Labute approximate surface area is 111 Å². The summed E-state index contributed by atoms with van der Waals surface area (Å²) in [6.45, 7) is 3.87. The van der Waals surface area contributed by atoms with Crippen molar-refractivity contribution in [1.82, 2.24) is 5.09 Å². The third-order valence-corrected chi connectivity index (χ3v) is 4.75. The predicted octanol–water partition coefficient (Wildman–Crippen LogP) is 3.60. The molecule has 3 nitrogen and oxygen atoms in total. The average molecular weight is 280 g/mol. The van der Waals surface area contributed by atoms with Gasteiger partial charge in [0.2, 0.25) is 0 Å². The Hall–Kier alpha value is -0.930. The minimum Gasteiger partial charge on any atom is -0.333 e. The monoisotopic (exact) mass is 280 g/mol. The molecule has 1 radical (unpaired) electrons. The number of hydrogen-bond acceptors (Lipinski definition) is 2. The van der Waals surface area contributed by atoms with Gasteiger partial charge in [-0.15, -0.1) is 0 Å². The summed E-state index contributed by atoms with van der Waals surface area (Å²) in [5, 5.41) is 6.56. The Morgan fingerprint density at radius 2 is 2.06 bits per heavy atom. The van der Waals surface area contributed by atoms with Crippen LogP contribution in [0, 0.1) is 6.92 Å². The van der Waals surface area contributed by atoms with Crippen LogP contribution in [0.1, 0.15) is 17.2 Å². The van der Waals surface area contributed by atoms with E-state index >= 15 is 0 Å². The fourth-order valence-electron chi connectivity index (χ4n) is 1.67. The van der Waals surface area contributed by atoms with Crippen molar-refractivity contribution in [3.63, 3.8) is 0 Å². The van der Waals surface area contributed by atoms with Crippen molar-refractivity contribution in [2.24, 2.45) is 0 Å². The van der Waals surface area contributed by atoms with E-state index in [-0.39, 0.29) is 12.2 Å². The van der Waals surface area contributed by atoms with Crippen molar-refractivity contribution in [2.75, 3.05) is 0 Å². The van der Waals surface area contributed by atoms with Crippen LogP contribution in [0.15, 0.2) is 47.2 Å². The molecule has 0 bridgehead atoms. The molecule has 18 heavy (non-hydrogen) atoms. The highest BCUT2D eigenvalue weighted by molar-refractivity contribution is 7.55. The lowest BCUT2D eigenvalue weighted by molar-refractivity contribution is 0.455. The van der Waals surface area contributed by atoms with Gasteiger partial charge in [0.15, 0.2) is 0 Å². The minimum atomic E-state index is -3.42. The zero-order chi connectivity index (χ0) is 13.0. The van der Waals surface area contributed by atoms with Crippen LogP contribution in [0.25, 0.3) is 0 Å². The maximum Gasteiger partial charge on any atom is 0.272 e. The smallest absolute Gasteiger partial charge is 0.272 e. The van der Waals surface area contributed by atoms with Gasteiger partial charge in [-0.25, -0.2) is 5.09 Å². The Morgan fingerprint density at radius 1 is 1.33 bits per heavy atom. The molecule has 1 heterocycles. The molecule has 0 aliphatic carbocycles. The first kappa shape index (κ1) is 13.5. The van der Waals surface area contributed by atoms with Crippen LogP contribution in [0.5, 0.6) is 0 Å². The lowest BCUT2D eigenvalue weighted by Crippen LogP contribution is -2.16. The van der Waals surface area contributed by atoms with Crippen molar-refractivity contribution < 1.29 is 9.46 Å². The van der Waals surface area contributed by atoms with Crippen LogP contribution in [0.3, 0.4) is 0 Å². The first-order valence-corrected chi connectivity index (χ1v) is 8.34. The van der Waals surface area contributed by atoms with Crippen molar-refractivity contribution in [2.45, 2.75) is 12.2 Å². The molecule has 5 heteroatoms. The molecule has 0 aliphatic heterocycles. The second kappa shape index (κ2) is 5.81. The van der Waals surface area contributed by atoms with Gasteiger partial charge in [-0.1, -0.05) is 30.3 Å². The van der Waals surface area contributed by atoms with Gasteiger partial charge in [-0.3, -0.25) is 4.57 Å². The zero-order valence-corrected chi connectivity index (χ0v) is 11.5. The molecule has 2 unspecified atom stereocenters. The Morgan fingerprint density at radius 3 is 2.67 bits per heavy atom. The number of nitrogens with one attached hydrogen (secondary N) is 1. The molecule has 2 rings (SSSR count). The molecule has 0 amide bonds. The number of hydrogen-bond donors (Lipinski definition) is 2. The quantitative estimate of drug-likeness (QED) is 0.823. The van der Waals surface area contributed by atoms with E-state index in [1.807, 2.05) is 47.2 Å². The molecule has 0 aliphatic rings. The second-order valence-corrected chi connectivity index (χ2v) is 6.84. The highest BCUT2D eigenvalue weighted by Crippen LogP contribution is 2.42. The van der Waals surface area contributed by atoms with E-state index in [1.165, 1.54) is 0 Å². The molecular weight excluding hydrogens is 265 g/mol. The molecule has 2 N–H and O–H groups in total. The van der Waals surface area contributed by atoms with Crippen LogP contribution in [-0.4, -0.2) is 4.89 Å². The molecule has 2 aromatic rings. The van der Waals surface area contributed by atoms with Crippen LogP contribution in [0.2, 0.25) is 0 Å². The Kier molecular flexibility index (Phi) is 4.36. The van der Waals surface area contributed by atoms with Gasteiger partial charge in [0, 0.05) is 6.04 Å². The third kappa shape index (κ3) is 3.79. The highest BCUT2D eigenvalue weighted by atomic mass is 32.1. The van der Waals surface area contributed by atoms with Crippen molar-refractivity contribution in [3.05, 3.63) is 65.2 Å². The fraction of sp³-hybridized carbons (Fsp3) is 0.154. The van der Waals surface area contributed by atoms with E-state index < -0.39 is 7.52 Å². The molecule has 0 saturated carbocycles. The fourth-order valence-corrected chi connectivity index (χ4v) is 3.82. The Balaban J connectivity index is 2.01. The van der Waals surface area contributed by atoms with Gasteiger partial charge in [-0.05, 0) is 34.9 Å². The molecule has 0 fully saturated rings. The number of rotatable bonds is 5. The molecule has 1 aromatic carbocycles. The van der Waals surface area contributed by atoms with Gasteiger partial charge in [0.25, 0.3) is 7.52 Å². The predicted molar refractivity (Wildman–Crippen MR) is 75.5 cm³/mol. The van der Waals surface area contributed by atoms with E-state index in [0.717, 1.165) is 11.1 Å². The van der Waals surface area contributed by atoms with Gasteiger partial charge in [0.05, 0.1) is 6.16 Å². The summed E-state index contributed by atoms with van der Waals surface area (Å²) in [5.41, 5.74) is 1.77. The molecule has 0 spiro atoms. The van der Waals surface area contributed by atoms with E-state index in [0.29, 0.717) is 0 Å². The van der Waals surface area contributed by atoms with E-state index in [4.69, 9.17) is 0 Å². The zero-order valence-electron chi connectivity index (χ0n) is 9.82. The van der Waals surface area contributed by atoms with Crippen LogP contribution < -0.4 is 5.09 Å². The summed E-state index contributed by atoms with van der Waals surface area (Å²) >= 11 is 1.55. The minimum absolute atomic E-state index is 0.115. The van der Waals surface area contributed by atoms with E-state index in [2.05, 4.69) is 12.0 Å². The van der Waals surface area contributed by atoms with Gasteiger partial charge in [0.1, 0.15) is 0 Å². The lowest BCUT2D eigenvalue weighted by atomic mass is 10.2. The van der Waals surface area contributed by atoms with Crippen LogP contribution in [-0.2, 0) is 10.7 Å². The summed E-state index contributed by atoms with van der Waals surface area (Å²) in [7, 11) is -3.42. The van der Waals surface area contributed by atoms with Crippen molar-refractivity contribution >= 4 is 18.9 Å². The first-order valence-electron chi connectivity index (χ1n) is 5.55. The topological polar surface area (TPSA) is 49.3 Å². The average Bonchev–Trinajstić information content (AvgIpc) is 2.82. The Bertz CT molecular complexity index is 527. The van der Waals surface area contributed by atoms with E-state index in [1.54, 1.807) is 11.3 Å². The summed E-state index contributed by atoms with van der Waals surface area (Å²) in [6.07, 6.45) is 0.115. The molecule has 0 saturated heterocycles. The second-order valence-electron chi connectivity index (χ2n) is 4.08. The molecular formula is C13H15NO2PS.